The van der Waals surface area contributed by atoms with Gasteiger partial charge in [-0.15, -0.1) is 10.2 Å². The van der Waals surface area contributed by atoms with Gasteiger partial charge in [0, 0.05) is 12.6 Å². The summed E-state index contributed by atoms with van der Waals surface area (Å²) in [6.07, 6.45) is 0. The monoisotopic (exact) mass is 320 g/mol. The van der Waals surface area contributed by atoms with Crippen molar-refractivity contribution < 1.29 is 14.0 Å². The summed E-state index contributed by atoms with van der Waals surface area (Å²) in [4.78, 5) is 22.9. The number of hydrogen-bond acceptors (Lipinski definition) is 6. The highest BCUT2D eigenvalue weighted by atomic mass is 32.2. The number of hydrogen-bond donors (Lipinski definition) is 2. The molecule has 1 aromatic heterocycles. The maximum atomic E-state index is 11.8. The van der Waals surface area contributed by atoms with Crippen LogP contribution >= 0.6 is 11.8 Å². The molecule has 3 amide bonds. The van der Waals surface area contributed by atoms with Crippen molar-refractivity contribution in [1.29, 1.82) is 0 Å². The second kappa shape index (κ2) is 7.08. The highest BCUT2D eigenvalue weighted by Gasteiger charge is 2.20. The zero-order chi connectivity index (χ0) is 16.1. The molecule has 8 heteroatoms. The molecule has 116 valence electrons. The van der Waals surface area contributed by atoms with E-state index in [-0.39, 0.29) is 5.22 Å². The molecule has 0 unspecified atom stereocenters. The number of aromatic nitrogens is 2. The largest absolute Gasteiger partial charge is 0.411 e. The van der Waals surface area contributed by atoms with Gasteiger partial charge in [-0.2, -0.15) is 0 Å². The smallest absolute Gasteiger partial charge is 0.321 e. The normalized spacial score (nSPS) is 11.8. The van der Waals surface area contributed by atoms with Crippen LogP contribution in [0.4, 0.5) is 4.79 Å². The van der Waals surface area contributed by atoms with E-state index >= 15 is 0 Å². The van der Waals surface area contributed by atoms with E-state index in [1.54, 1.807) is 6.92 Å². The van der Waals surface area contributed by atoms with E-state index in [2.05, 4.69) is 20.8 Å². The van der Waals surface area contributed by atoms with E-state index in [0.29, 0.717) is 5.89 Å². The molecule has 0 spiro atoms. The third-order valence-electron chi connectivity index (χ3n) is 2.78. The van der Waals surface area contributed by atoms with E-state index in [1.165, 1.54) is 7.05 Å². The average molecular weight is 320 g/mol. The number of thioether (sulfide) groups is 1. The molecule has 2 aromatic rings. The molecule has 2 N–H and O–H groups in total. The molecule has 0 aliphatic heterocycles. The van der Waals surface area contributed by atoms with E-state index < -0.39 is 17.2 Å². The Morgan fingerprint density at radius 1 is 1.32 bits per heavy atom. The average Bonchev–Trinajstić information content (AvgIpc) is 2.95. The van der Waals surface area contributed by atoms with Gasteiger partial charge in [0.1, 0.15) is 0 Å². The minimum absolute atomic E-state index is 0.274. The van der Waals surface area contributed by atoms with Crippen molar-refractivity contribution in [2.45, 2.75) is 24.3 Å². The van der Waals surface area contributed by atoms with E-state index in [4.69, 9.17) is 4.42 Å². The maximum Gasteiger partial charge on any atom is 0.321 e. The number of benzene rings is 1. The number of amides is 3. The Bertz CT molecular complexity index is 686. The van der Waals surface area contributed by atoms with E-state index in [1.807, 2.05) is 31.2 Å². The lowest BCUT2D eigenvalue weighted by Gasteiger charge is -2.07. The summed E-state index contributed by atoms with van der Waals surface area (Å²) in [5, 5.41) is 12.1. The predicted octanol–water partition coefficient (Wildman–Crippen LogP) is 1.98. The molecule has 1 aromatic carbocycles. The van der Waals surface area contributed by atoms with Crippen molar-refractivity contribution in [3.8, 4) is 11.5 Å². The van der Waals surface area contributed by atoms with Crippen molar-refractivity contribution >= 4 is 23.7 Å². The minimum Gasteiger partial charge on any atom is -0.411 e. The SMILES string of the molecule is CNC(=O)NC(=O)[C@@H](C)Sc1nnc(-c2cccc(C)c2)o1. The number of rotatable bonds is 4. The van der Waals surface area contributed by atoms with Crippen LogP contribution in [0.2, 0.25) is 0 Å². The van der Waals surface area contributed by atoms with Gasteiger partial charge in [0.2, 0.25) is 11.8 Å². The van der Waals surface area contributed by atoms with Crippen LogP contribution in [0.25, 0.3) is 11.5 Å². The molecule has 0 saturated heterocycles. The summed E-state index contributed by atoms with van der Waals surface area (Å²) >= 11 is 1.09. The van der Waals surface area contributed by atoms with Gasteiger partial charge in [-0.25, -0.2) is 4.79 Å². The van der Waals surface area contributed by atoms with Crippen LogP contribution in [0, 0.1) is 6.92 Å². The van der Waals surface area contributed by atoms with Crippen molar-refractivity contribution in [3.63, 3.8) is 0 Å². The Morgan fingerprint density at radius 2 is 2.09 bits per heavy atom. The number of carbonyl (C=O) groups is 2. The zero-order valence-electron chi connectivity index (χ0n) is 12.4. The molecule has 0 saturated carbocycles. The van der Waals surface area contributed by atoms with Gasteiger partial charge >= 0.3 is 6.03 Å². The lowest BCUT2D eigenvalue weighted by molar-refractivity contribution is -0.119. The van der Waals surface area contributed by atoms with Crippen molar-refractivity contribution in [1.82, 2.24) is 20.8 Å². The summed E-state index contributed by atoms with van der Waals surface area (Å²) in [5.41, 5.74) is 1.91. The van der Waals surface area contributed by atoms with Crippen LogP contribution < -0.4 is 10.6 Å². The number of aryl methyl sites for hydroxylation is 1. The highest BCUT2D eigenvalue weighted by molar-refractivity contribution is 8.00. The second-order valence-electron chi connectivity index (χ2n) is 4.57. The Hall–Kier alpha value is -2.35. The third kappa shape index (κ3) is 4.08. The van der Waals surface area contributed by atoms with Crippen LogP contribution in [0.3, 0.4) is 0 Å². The Balaban J connectivity index is 2.03. The molecule has 0 bridgehead atoms. The molecule has 22 heavy (non-hydrogen) atoms. The lowest BCUT2D eigenvalue weighted by Crippen LogP contribution is -2.41. The van der Waals surface area contributed by atoms with E-state index in [9.17, 15) is 9.59 Å². The Morgan fingerprint density at radius 3 is 2.77 bits per heavy atom. The van der Waals surface area contributed by atoms with Crippen LogP contribution in [0.5, 0.6) is 0 Å². The summed E-state index contributed by atoms with van der Waals surface area (Å²) in [6.45, 7) is 3.63. The predicted molar refractivity (Wildman–Crippen MR) is 82.4 cm³/mol. The van der Waals surface area contributed by atoms with Crippen LogP contribution in [0.1, 0.15) is 12.5 Å². The molecule has 2 rings (SSSR count). The fraction of sp³-hybridized carbons (Fsp3) is 0.286. The Labute approximate surface area is 131 Å². The van der Waals surface area contributed by atoms with Crippen molar-refractivity contribution in [2.24, 2.45) is 0 Å². The topological polar surface area (TPSA) is 97.1 Å². The first-order valence-electron chi connectivity index (χ1n) is 6.59. The number of nitrogens with one attached hydrogen (secondary N) is 2. The Kier molecular flexibility index (Phi) is 5.16. The molecular formula is C14H16N4O3S. The van der Waals surface area contributed by atoms with Gasteiger partial charge in [0.25, 0.3) is 5.22 Å². The fourth-order valence-electron chi connectivity index (χ4n) is 1.63. The van der Waals surface area contributed by atoms with Crippen LogP contribution in [0.15, 0.2) is 33.9 Å². The molecular weight excluding hydrogens is 304 g/mol. The lowest BCUT2D eigenvalue weighted by atomic mass is 10.1. The zero-order valence-corrected chi connectivity index (χ0v) is 13.2. The van der Waals surface area contributed by atoms with Gasteiger partial charge in [0.15, 0.2) is 0 Å². The molecule has 0 aliphatic rings. The van der Waals surface area contributed by atoms with Gasteiger partial charge in [-0.1, -0.05) is 29.5 Å². The molecule has 7 nitrogen and oxygen atoms in total. The van der Waals surface area contributed by atoms with Crippen molar-refractivity contribution in [2.75, 3.05) is 7.05 Å². The van der Waals surface area contributed by atoms with Gasteiger partial charge in [0.05, 0.1) is 5.25 Å². The summed E-state index contributed by atoms with van der Waals surface area (Å²) in [5.74, 6) is -0.0373. The number of urea groups is 1. The summed E-state index contributed by atoms with van der Waals surface area (Å²) < 4.78 is 5.54. The van der Waals surface area contributed by atoms with Gasteiger partial charge in [-0.3, -0.25) is 10.1 Å². The van der Waals surface area contributed by atoms with Crippen molar-refractivity contribution in [3.05, 3.63) is 29.8 Å². The highest BCUT2D eigenvalue weighted by Crippen LogP contribution is 2.26. The summed E-state index contributed by atoms with van der Waals surface area (Å²) in [7, 11) is 1.44. The fourth-order valence-corrected chi connectivity index (χ4v) is 2.32. The molecule has 1 atom stereocenters. The van der Waals surface area contributed by atoms with Crippen LogP contribution in [-0.2, 0) is 4.79 Å². The number of carbonyl (C=O) groups excluding carboxylic acids is 2. The van der Waals surface area contributed by atoms with Gasteiger partial charge in [-0.05, 0) is 26.0 Å². The van der Waals surface area contributed by atoms with Crippen LogP contribution in [-0.4, -0.2) is 34.4 Å². The standard InChI is InChI=1S/C14H16N4O3S/c1-8-5-4-6-10(7-8)12-17-18-14(21-12)22-9(2)11(19)16-13(20)15-3/h4-7,9H,1-3H3,(H2,15,16,19,20)/t9-/m1/s1. The first-order valence-corrected chi connectivity index (χ1v) is 7.47. The molecule has 0 fully saturated rings. The van der Waals surface area contributed by atoms with Gasteiger partial charge < -0.3 is 9.73 Å². The molecule has 0 aliphatic carbocycles. The summed E-state index contributed by atoms with van der Waals surface area (Å²) in [6, 6.07) is 7.13. The number of imide groups is 1. The maximum absolute atomic E-state index is 11.8. The molecule has 1 heterocycles. The first-order chi connectivity index (χ1) is 10.5. The number of nitrogens with zero attached hydrogens (tertiary/aromatic N) is 2. The quantitative estimate of drug-likeness (QED) is 0.836. The first kappa shape index (κ1) is 16.0. The minimum atomic E-state index is -0.552. The second-order valence-corrected chi connectivity index (χ2v) is 5.86. The third-order valence-corrected chi connectivity index (χ3v) is 3.72. The molecule has 0 radical (unpaired) electrons. The van der Waals surface area contributed by atoms with E-state index in [0.717, 1.165) is 22.9 Å².